The molecule has 0 saturated heterocycles. The number of carbonyl (C=O) groups excluding carboxylic acids is 1. The Labute approximate surface area is 137 Å². The van der Waals surface area contributed by atoms with Gasteiger partial charge in [0.25, 0.3) is 0 Å². The average molecular weight is 315 g/mol. The Morgan fingerprint density at radius 2 is 1.65 bits per heavy atom. The predicted octanol–water partition coefficient (Wildman–Crippen LogP) is 3.33. The number of carboxylic acid groups (broad SMARTS) is 1. The molecule has 2 saturated carbocycles. The molecule has 2 aliphatic rings. The highest BCUT2D eigenvalue weighted by atomic mass is 16.4. The number of hydrogen-bond acceptors (Lipinski definition) is 2. The molecule has 3 rings (SSSR count). The van der Waals surface area contributed by atoms with Gasteiger partial charge in [-0.3, -0.25) is 9.59 Å². The molecule has 0 aliphatic heterocycles. The topological polar surface area (TPSA) is 66.4 Å². The maximum Gasteiger partial charge on any atom is 0.306 e. The molecule has 4 nitrogen and oxygen atoms in total. The van der Waals surface area contributed by atoms with Crippen molar-refractivity contribution in [3.05, 3.63) is 35.9 Å². The summed E-state index contributed by atoms with van der Waals surface area (Å²) in [4.78, 5) is 23.6. The van der Waals surface area contributed by atoms with Gasteiger partial charge in [0.2, 0.25) is 5.91 Å². The van der Waals surface area contributed by atoms with Crippen LogP contribution < -0.4 is 5.32 Å². The van der Waals surface area contributed by atoms with E-state index in [1.54, 1.807) is 0 Å². The lowest BCUT2D eigenvalue weighted by atomic mass is 9.79. The zero-order valence-electron chi connectivity index (χ0n) is 13.4. The van der Waals surface area contributed by atoms with E-state index >= 15 is 0 Å². The Morgan fingerprint density at radius 1 is 0.957 bits per heavy atom. The van der Waals surface area contributed by atoms with Gasteiger partial charge < -0.3 is 10.4 Å². The van der Waals surface area contributed by atoms with E-state index in [9.17, 15) is 9.59 Å². The van der Waals surface area contributed by atoms with Crippen LogP contribution in [-0.4, -0.2) is 23.0 Å². The van der Waals surface area contributed by atoms with E-state index in [0.717, 1.165) is 19.3 Å². The van der Waals surface area contributed by atoms with E-state index in [-0.39, 0.29) is 23.8 Å². The lowest BCUT2D eigenvalue weighted by molar-refractivity contribution is -0.141. The van der Waals surface area contributed by atoms with Crippen LogP contribution in [0.5, 0.6) is 0 Å². The minimum absolute atomic E-state index is 0.0570. The highest BCUT2D eigenvalue weighted by molar-refractivity contribution is 5.81. The maximum absolute atomic E-state index is 12.6. The summed E-state index contributed by atoms with van der Waals surface area (Å²) in [6, 6.07) is 10.6. The Hall–Kier alpha value is -1.84. The smallest absolute Gasteiger partial charge is 0.306 e. The van der Waals surface area contributed by atoms with E-state index in [2.05, 4.69) is 29.6 Å². The first kappa shape index (κ1) is 16.0. The fourth-order valence-electron chi connectivity index (χ4n) is 4.15. The number of rotatable bonds is 4. The molecule has 2 fully saturated rings. The minimum atomic E-state index is -0.764. The van der Waals surface area contributed by atoms with E-state index in [4.69, 9.17) is 5.11 Å². The third kappa shape index (κ3) is 3.74. The van der Waals surface area contributed by atoms with Crippen LogP contribution in [0.4, 0.5) is 0 Å². The third-order valence-electron chi connectivity index (χ3n) is 5.47. The van der Waals surface area contributed by atoms with Crippen molar-refractivity contribution in [1.82, 2.24) is 5.32 Å². The maximum atomic E-state index is 12.6. The van der Waals surface area contributed by atoms with Crippen LogP contribution >= 0.6 is 0 Å². The molecular formula is C19H25NO3. The molecule has 1 aromatic rings. The van der Waals surface area contributed by atoms with Crippen LogP contribution in [0.2, 0.25) is 0 Å². The lowest BCUT2D eigenvalue weighted by Gasteiger charge is -2.33. The Bertz CT molecular complexity index is 557. The van der Waals surface area contributed by atoms with Gasteiger partial charge in [0.1, 0.15) is 0 Å². The number of nitrogens with one attached hydrogen (secondary N) is 1. The molecule has 4 atom stereocenters. The van der Waals surface area contributed by atoms with Gasteiger partial charge >= 0.3 is 5.97 Å². The summed E-state index contributed by atoms with van der Waals surface area (Å²) in [7, 11) is 0. The van der Waals surface area contributed by atoms with E-state index in [1.165, 1.54) is 12.0 Å². The first-order valence-corrected chi connectivity index (χ1v) is 8.73. The summed E-state index contributed by atoms with van der Waals surface area (Å²) < 4.78 is 0. The Kier molecular flexibility index (Phi) is 4.99. The third-order valence-corrected chi connectivity index (χ3v) is 5.47. The number of aliphatic carboxylic acids is 1. The molecule has 0 radical (unpaired) electrons. The van der Waals surface area contributed by atoms with E-state index < -0.39 is 5.97 Å². The van der Waals surface area contributed by atoms with Gasteiger partial charge in [0.15, 0.2) is 0 Å². The van der Waals surface area contributed by atoms with Gasteiger partial charge in [0.05, 0.1) is 5.92 Å². The molecule has 1 amide bonds. The molecule has 0 spiro atoms. The Balaban J connectivity index is 1.63. The van der Waals surface area contributed by atoms with E-state index in [1.807, 2.05) is 6.07 Å². The first-order valence-electron chi connectivity index (χ1n) is 8.73. The largest absolute Gasteiger partial charge is 0.481 e. The van der Waals surface area contributed by atoms with Crippen LogP contribution in [0.15, 0.2) is 30.3 Å². The molecule has 23 heavy (non-hydrogen) atoms. The van der Waals surface area contributed by atoms with Gasteiger partial charge in [-0.2, -0.15) is 0 Å². The number of benzene rings is 1. The SMILES string of the molecule is O=C(O)[C@@H]1CC[C@H](C(=O)NC2CCCCC2c2ccccc2)C1. The normalized spacial score (nSPS) is 30.8. The minimum Gasteiger partial charge on any atom is -0.481 e. The van der Waals surface area contributed by atoms with Crippen LogP contribution in [0.25, 0.3) is 0 Å². The van der Waals surface area contributed by atoms with Gasteiger partial charge in [-0.15, -0.1) is 0 Å². The van der Waals surface area contributed by atoms with Crippen LogP contribution in [0, 0.1) is 11.8 Å². The van der Waals surface area contributed by atoms with Crippen molar-refractivity contribution in [1.29, 1.82) is 0 Å². The lowest BCUT2D eigenvalue weighted by Crippen LogP contribution is -2.43. The van der Waals surface area contributed by atoms with Gasteiger partial charge in [-0.05, 0) is 37.7 Å². The standard InChI is InChI=1S/C19H25NO3/c21-18(14-10-11-15(12-14)19(22)23)20-17-9-5-4-8-16(17)13-6-2-1-3-7-13/h1-3,6-7,14-17H,4-5,8-12H2,(H,20,21)(H,22,23)/t14-,15+,16?,17?/m0/s1. The highest BCUT2D eigenvalue weighted by Crippen LogP contribution is 2.35. The second-order valence-corrected chi connectivity index (χ2v) is 6.96. The molecule has 124 valence electrons. The number of hydrogen-bond donors (Lipinski definition) is 2. The van der Waals surface area contributed by atoms with E-state index in [0.29, 0.717) is 25.2 Å². The zero-order valence-corrected chi connectivity index (χ0v) is 13.4. The summed E-state index contributed by atoms with van der Waals surface area (Å²) in [5, 5.41) is 12.3. The summed E-state index contributed by atoms with van der Waals surface area (Å²) in [5.41, 5.74) is 1.30. The van der Waals surface area contributed by atoms with Crippen molar-refractivity contribution < 1.29 is 14.7 Å². The number of carbonyl (C=O) groups is 2. The summed E-state index contributed by atoms with van der Waals surface area (Å²) in [6.07, 6.45) is 6.29. The van der Waals surface area contributed by atoms with Crippen molar-refractivity contribution in [2.75, 3.05) is 0 Å². The molecular weight excluding hydrogens is 290 g/mol. The molecule has 0 aromatic heterocycles. The van der Waals surface area contributed by atoms with Gasteiger partial charge in [-0.25, -0.2) is 0 Å². The summed E-state index contributed by atoms with van der Waals surface area (Å²) in [6.45, 7) is 0. The van der Waals surface area contributed by atoms with Crippen LogP contribution in [-0.2, 0) is 9.59 Å². The fourth-order valence-corrected chi connectivity index (χ4v) is 4.15. The van der Waals surface area contributed by atoms with Crippen molar-refractivity contribution in [3.63, 3.8) is 0 Å². The first-order chi connectivity index (χ1) is 11.1. The predicted molar refractivity (Wildman–Crippen MR) is 88.0 cm³/mol. The molecule has 4 heteroatoms. The average Bonchev–Trinajstić information content (AvgIpc) is 3.07. The zero-order chi connectivity index (χ0) is 16.2. The van der Waals surface area contributed by atoms with Crippen LogP contribution in [0.3, 0.4) is 0 Å². The second-order valence-electron chi connectivity index (χ2n) is 6.96. The summed E-state index contributed by atoms with van der Waals surface area (Å²) in [5.74, 6) is -0.802. The van der Waals surface area contributed by atoms with Crippen LogP contribution in [0.1, 0.15) is 56.4 Å². The monoisotopic (exact) mass is 315 g/mol. The second kappa shape index (κ2) is 7.16. The Morgan fingerprint density at radius 3 is 2.35 bits per heavy atom. The molecule has 2 aliphatic carbocycles. The quantitative estimate of drug-likeness (QED) is 0.895. The van der Waals surface area contributed by atoms with Gasteiger partial charge in [0, 0.05) is 17.9 Å². The number of carboxylic acids is 1. The highest BCUT2D eigenvalue weighted by Gasteiger charge is 2.36. The summed E-state index contributed by atoms with van der Waals surface area (Å²) >= 11 is 0. The van der Waals surface area contributed by atoms with Crippen molar-refractivity contribution >= 4 is 11.9 Å². The van der Waals surface area contributed by atoms with Crippen molar-refractivity contribution in [2.24, 2.45) is 11.8 Å². The molecule has 2 unspecified atom stereocenters. The van der Waals surface area contributed by atoms with Gasteiger partial charge in [-0.1, -0.05) is 43.2 Å². The number of amides is 1. The molecule has 1 aromatic carbocycles. The van der Waals surface area contributed by atoms with Crippen molar-refractivity contribution in [3.8, 4) is 0 Å². The molecule has 0 heterocycles. The molecule has 0 bridgehead atoms. The van der Waals surface area contributed by atoms with Crippen molar-refractivity contribution in [2.45, 2.75) is 56.9 Å². The molecule has 2 N–H and O–H groups in total. The fraction of sp³-hybridized carbons (Fsp3) is 0.579.